The smallest absolute Gasteiger partial charge is 0.356 e. The number of hydrogen-bond acceptors (Lipinski definition) is 7. The maximum Gasteiger partial charge on any atom is 0.356 e. The van der Waals surface area contributed by atoms with Gasteiger partial charge in [0.25, 0.3) is 0 Å². The molecule has 1 aliphatic rings. The van der Waals surface area contributed by atoms with Gasteiger partial charge in [0.1, 0.15) is 0 Å². The second kappa shape index (κ2) is 7.09. The molecule has 0 N–H and O–H groups in total. The largest absolute Gasteiger partial charge is 0.464 e. The first kappa shape index (κ1) is 16.6. The van der Waals surface area contributed by atoms with Crippen LogP contribution in [0.5, 0.6) is 0 Å². The number of methoxy groups -OCH3 is 1. The summed E-state index contributed by atoms with van der Waals surface area (Å²) >= 11 is 1.46. The van der Waals surface area contributed by atoms with E-state index in [1.807, 2.05) is 29.3 Å². The fourth-order valence-corrected chi connectivity index (χ4v) is 3.63. The van der Waals surface area contributed by atoms with Crippen molar-refractivity contribution in [3.05, 3.63) is 39.8 Å². The summed E-state index contributed by atoms with van der Waals surface area (Å²) in [6.07, 6.45) is 2.33. The number of esters is 1. The molecule has 1 atom stereocenters. The number of rotatable bonds is 5. The highest BCUT2D eigenvalue weighted by atomic mass is 32.1. The number of carbonyl (C=O) groups is 2. The number of ether oxygens (including phenoxy) is 1. The normalized spacial score (nSPS) is 17.1. The Labute approximate surface area is 144 Å². The number of ketones is 1. The fourth-order valence-electron chi connectivity index (χ4n) is 2.95. The van der Waals surface area contributed by atoms with Crippen LogP contribution in [-0.4, -0.2) is 41.4 Å². The average molecular weight is 345 g/mol. The van der Waals surface area contributed by atoms with Gasteiger partial charge in [-0.2, -0.15) is 0 Å². The van der Waals surface area contributed by atoms with Crippen molar-refractivity contribution in [2.75, 3.05) is 18.6 Å². The van der Waals surface area contributed by atoms with Crippen LogP contribution in [0.2, 0.25) is 0 Å². The number of thiophene rings is 1. The fraction of sp³-hybridized carbons (Fsp3) is 0.412. The van der Waals surface area contributed by atoms with Crippen molar-refractivity contribution in [3.63, 3.8) is 0 Å². The van der Waals surface area contributed by atoms with E-state index in [-0.39, 0.29) is 17.5 Å². The predicted molar refractivity (Wildman–Crippen MR) is 91.7 cm³/mol. The number of Topliss-reactive ketones (excluding diaryl/α,β-unsaturated/α-hetero) is 1. The van der Waals surface area contributed by atoms with E-state index in [4.69, 9.17) is 4.74 Å². The van der Waals surface area contributed by atoms with Crippen LogP contribution in [0.4, 0.5) is 5.95 Å². The third-order valence-corrected chi connectivity index (χ3v) is 5.00. The Bertz CT molecular complexity index is 746. The topological polar surface area (TPSA) is 72.4 Å². The molecule has 1 fully saturated rings. The van der Waals surface area contributed by atoms with Gasteiger partial charge in [-0.3, -0.25) is 4.79 Å². The summed E-state index contributed by atoms with van der Waals surface area (Å²) in [5.41, 5.74) is 0.950. The van der Waals surface area contributed by atoms with E-state index in [2.05, 4.69) is 9.97 Å². The van der Waals surface area contributed by atoms with Crippen LogP contribution < -0.4 is 4.90 Å². The molecule has 0 radical (unpaired) electrons. The Morgan fingerprint density at radius 2 is 2.25 bits per heavy atom. The third kappa shape index (κ3) is 3.46. The van der Waals surface area contributed by atoms with Crippen molar-refractivity contribution in [2.45, 2.75) is 32.2 Å². The molecule has 0 bridgehead atoms. The van der Waals surface area contributed by atoms with Gasteiger partial charge in [0.2, 0.25) is 5.95 Å². The molecule has 7 heteroatoms. The number of anilines is 1. The van der Waals surface area contributed by atoms with Gasteiger partial charge in [0, 0.05) is 24.7 Å². The number of aromatic nitrogens is 2. The SMILES string of the molecule is COC(=O)c1cc(C)nc(N2CCCC2CC(=O)c2cccs2)n1. The lowest BCUT2D eigenvalue weighted by Crippen LogP contribution is -2.33. The lowest BCUT2D eigenvalue weighted by Gasteiger charge is -2.24. The highest BCUT2D eigenvalue weighted by Gasteiger charge is 2.30. The van der Waals surface area contributed by atoms with Crippen LogP contribution in [0, 0.1) is 6.92 Å². The first-order valence-corrected chi connectivity index (χ1v) is 8.74. The predicted octanol–water partition coefficient (Wildman–Crippen LogP) is 2.87. The first-order valence-electron chi connectivity index (χ1n) is 7.86. The van der Waals surface area contributed by atoms with Crippen LogP contribution in [0.15, 0.2) is 23.6 Å². The summed E-state index contributed by atoms with van der Waals surface area (Å²) in [4.78, 5) is 35.8. The lowest BCUT2D eigenvalue weighted by molar-refractivity contribution is 0.0593. The van der Waals surface area contributed by atoms with Gasteiger partial charge in [0.15, 0.2) is 11.5 Å². The minimum Gasteiger partial charge on any atom is -0.464 e. The van der Waals surface area contributed by atoms with Gasteiger partial charge >= 0.3 is 5.97 Å². The van der Waals surface area contributed by atoms with Crippen molar-refractivity contribution in [1.29, 1.82) is 0 Å². The minimum atomic E-state index is -0.479. The quantitative estimate of drug-likeness (QED) is 0.613. The average Bonchev–Trinajstić information content (AvgIpc) is 3.25. The molecule has 3 rings (SSSR count). The van der Waals surface area contributed by atoms with Crippen LogP contribution in [0.1, 0.15) is 45.1 Å². The second-order valence-electron chi connectivity index (χ2n) is 5.78. The zero-order valence-corrected chi connectivity index (χ0v) is 14.5. The molecule has 24 heavy (non-hydrogen) atoms. The van der Waals surface area contributed by atoms with E-state index in [1.165, 1.54) is 18.4 Å². The Balaban J connectivity index is 1.81. The Hall–Kier alpha value is -2.28. The van der Waals surface area contributed by atoms with Gasteiger partial charge in [0.05, 0.1) is 12.0 Å². The zero-order chi connectivity index (χ0) is 17.1. The van der Waals surface area contributed by atoms with Gasteiger partial charge in [-0.25, -0.2) is 14.8 Å². The van der Waals surface area contributed by atoms with Crippen LogP contribution in [0.3, 0.4) is 0 Å². The first-order chi connectivity index (χ1) is 11.6. The maximum absolute atomic E-state index is 12.4. The summed E-state index contributed by atoms with van der Waals surface area (Å²) < 4.78 is 4.75. The molecule has 0 amide bonds. The molecule has 0 spiro atoms. The molecular formula is C17H19N3O3S. The summed E-state index contributed by atoms with van der Waals surface area (Å²) in [5, 5.41) is 1.91. The van der Waals surface area contributed by atoms with E-state index >= 15 is 0 Å². The monoisotopic (exact) mass is 345 g/mol. The van der Waals surface area contributed by atoms with Crippen LogP contribution in [0.25, 0.3) is 0 Å². The minimum absolute atomic E-state index is 0.0619. The van der Waals surface area contributed by atoms with E-state index < -0.39 is 5.97 Å². The van der Waals surface area contributed by atoms with Gasteiger partial charge in [-0.1, -0.05) is 6.07 Å². The summed E-state index contributed by atoms with van der Waals surface area (Å²) in [6, 6.07) is 5.41. The number of hydrogen-bond donors (Lipinski definition) is 0. The molecule has 126 valence electrons. The maximum atomic E-state index is 12.4. The standard InChI is InChI=1S/C17H19N3O3S/c1-11-9-13(16(22)23-2)19-17(18-11)20-7-3-5-12(20)10-14(21)15-6-4-8-24-15/h4,6,8-9,12H,3,5,7,10H2,1-2H3. The molecule has 1 unspecified atom stereocenters. The van der Waals surface area contributed by atoms with E-state index in [0.717, 1.165) is 24.3 Å². The molecule has 1 saturated heterocycles. The lowest BCUT2D eigenvalue weighted by atomic mass is 10.1. The van der Waals surface area contributed by atoms with E-state index in [9.17, 15) is 9.59 Å². The van der Waals surface area contributed by atoms with Crippen LogP contribution in [-0.2, 0) is 4.74 Å². The van der Waals surface area contributed by atoms with Crippen LogP contribution >= 0.6 is 11.3 Å². The summed E-state index contributed by atoms with van der Waals surface area (Å²) in [7, 11) is 1.33. The van der Waals surface area contributed by atoms with Gasteiger partial charge in [-0.15, -0.1) is 11.3 Å². The Morgan fingerprint density at radius 3 is 2.96 bits per heavy atom. The van der Waals surface area contributed by atoms with Crippen molar-refractivity contribution < 1.29 is 14.3 Å². The summed E-state index contributed by atoms with van der Waals surface area (Å²) in [5.74, 6) is 0.159. The zero-order valence-electron chi connectivity index (χ0n) is 13.7. The number of carbonyl (C=O) groups excluding carboxylic acids is 2. The molecule has 0 aliphatic carbocycles. The number of nitrogens with zero attached hydrogens (tertiary/aromatic N) is 3. The molecule has 3 heterocycles. The third-order valence-electron chi connectivity index (χ3n) is 4.09. The molecular weight excluding hydrogens is 326 g/mol. The van der Waals surface area contributed by atoms with E-state index in [1.54, 1.807) is 6.07 Å². The highest BCUT2D eigenvalue weighted by Crippen LogP contribution is 2.27. The van der Waals surface area contributed by atoms with E-state index in [0.29, 0.717) is 18.1 Å². The molecule has 6 nitrogen and oxygen atoms in total. The second-order valence-corrected chi connectivity index (χ2v) is 6.73. The van der Waals surface area contributed by atoms with Crippen molar-refractivity contribution >= 4 is 29.0 Å². The number of aryl methyl sites for hydroxylation is 1. The Kier molecular flexibility index (Phi) is 4.89. The van der Waals surface area contributed by atoms with Gasteiger partial charge < -0.3 is 9.64 Å². The molecule has 1 aliphatic heterocycles. The molecule has 0 saturated carbocycles. The highest BCUT2D eigenvalue weighted by molar-refractivity contribution is 7.12. The van der Waals surface area contributed by atoms with Crippen molar-refractivity contribution in [1.82, 2.24) is 9.97 Å². The van der Waals surface area contributed by atoms with Crippen molar-refractivity contribution in [3.8, 4) is 0 Å². The molecule has 2 aromatic heterocycles. The Morgan fingerprint density at radius 1 is 1.42 bits per heavy atom. The van der Waals surface area contributed by atoms with Crippen molar-refractivity contribution in [2.24, 2.45) is 0 Å². The summed E-state index contributed by atoms with van der Waals surface area (Å²) in [6.45, 7) is 2.60. The molecule has 2 aromatic rings. The van der Waals surface area contributed by atoms with Gasteiger partial charge in [-0.05, 0) is 37.3 Å². The molecule has 0 aromatic carbocycles.